The number of oxazole rings is 1. The van der Waals surface area contributed by atoms with Gasteiger partial charge in [-0.2, -0.15) is 11.8 Å². The van der Waals surface area contributed by atoms with Gasteiger partial charge in [-0.05, 0) is 30.6 Å². The van der Waals surface area contributed by atoms with Crippen molar-refractivity contribution in [2.75, 3.05) is 19.1 Å². The van der Waals surface area contributed by atoms with E-state index in [2.05, 4.69) is 11.2 Å². The van der Waals surface area contributed by atoms with Crippen molar-refractivity contribution in [3.8, 4) is 5.75 Å². The lowest BCUT2D eigenvalue weighted by atomic mass is 10.2. The number of thioether (sulfide) groups is 1. The van der Waals surface area contributed by atoms with Crippen LogP contribution in [-0.2, 0) is 0 Å². The van der Waals surface area contributed by atoms with Gasteiger partial charge in [-0.1, -0.05) is 6.07 Å². The molecule has 1 aromatic carbocycles. The van der Waals surface area contributed by atoms with Crippen LogP contribution in [0, 0.1) is 0 Å². The Morgan fingerprint density at radius 1 is 1.53 bits per heavy atom. The van der Waals surface area contributed by atoms with E-state index < -0.39 is 0 Å². The van der Waals surface area contributed by atoms with Crippen LogP contribution in [0.25, 0.3) is 11.1 Å². The van der Waals surface area contributed by atoms with Crippen molar-refractivity contribution in [1.29, 1.82) is 0 Å². The van der Waals surface area contributed by atoms with Crippen molar-refractivity contribution < 1.29 is 9.15 Å². The molecule has 0 aliphatic rings. The average molecular weight is 252 g/mol. The van der Waals surface area contributed by atoms with E-state index in [4.69, 9.17) is 14.9 Å². The van der Waals surface area contributed by atoms with E-state index in [0.29, 0.717) is 5.89 Å². The minimum absolute atomic E-state index is 0.153. The molecular formula is C12H16N2O2S. The minimum atomic E-state index is -0.153. The van der Waals surface area contributed by atoms with Gasteiger partial charge < -0.3 is 14.9 Å². The predicted molar refractivity (Wildman–Crippen MR) is 70.5 cm³/mol. The monoisotopic (exact) mass is 252 g/mol. The highest BCUT2D eigenvalue weighted by atomic mass is 32.2. The maximum absolute atomic E-state index is 6.03. The van der Waals surface area contributed by atoms with Crippen molar-refractivity contribution in [3.63, 3.8) is 0 Å². The lowest BCUT2D eigenvalue weighted by molar-refractivity contribution is 0.419. The Morgan fingerprint density at radius 3 is 3.06 bits per heavy atom. The van der Waals surface area contributed by atoms with Gasteiger partial charge >= 0.3 is 0 Å². The number of hydrogen-bond donors (Lipinski definition) is 1. The lowest BCUT2D eigenvalue weighted by Gasteiger charge is -2.04. The van der Waals surface area contributed by atoms with Crippen molar-refractivity contribution >= 4 is 22.9 Å². The first-order valence-corrected chi connectivity index (χ1v) is 6.83. The summed E-state index contributed by atoms with van der Waals surface area (Å²) in [6.45, 7) is 0. The molecular weight excluding hydrogens is 236 g/mol. The molecule has 2 N–H and O–H groups in total. The maximum Gasteiger partial charge on any atom is 0.212 e. The summed E-state index contributed by atoms with van der Waals surface area (Å²) < 4.78 is 10.9. The number of hydrogen-bond acceptors (Lipinski definition) is 5. The third kappa shape index (κ3) is 2.56. The van der Waals surface area contributed by atoms with Gasteiger partial charge in [0, 0.05) is 0 Å². The van der Waals surface area contributed by atoms with Crippen LogP contribution in [0.4, 0.5) is 0 Å². The van der Waals surface area contributed by atoms with E-state index >= 15 is 0 Å². The molecule has 1 unspecified atom stereocenters. The normalized spacial score (nSPS) is 12.9. The van der Waals surface area contributed by atoms with E-state index in [1.807, 2.05) is 18.2 Å². The Labute approximate surface area is 105 Å². The highest BCUT2D eigenvalue weighted by Gasteiger charge is 2.15. The summed E-state index contributed by atoms with van der Waals surface area (Å²) in [6.07, 6.45) is 2.91. The van der Waals surface area contributed by atoms with Gasteiger partial charge in [0.15, 0.2) is 11.1 Å². The van der Waals surface area contributed by atoms with Crippen LogP contribution in [0.15, 0.2) is 22.6 Å². The van der Waals surface area contributed by atoms with E-state index in [-0.39, 0.29) is 6.04 Å². The summed E-state index contributed by atoms with van der Waals surface area (Å²) in [6, 6.07) is 5.46. The fraction of sp³-hybridized carbons (Fsp3) is 0.417. The molecule has 0 radical (unpaired) electrons. The molecule has 2 aromatic rings. The lowest BCUT2D eigenvalue weighted by Crippen LogP contribution is -2.11. The molecule has 0 fully saturated rings. The van der Waals surface area contributed by atoms with Crippen LogP contribution >= 0.6 is 11.8 Å². The summed E-state index contributed by atoms with van der Waals surface area (Å²) in [5.41, 5.74) is 7.49. The Balaban J connectivity index is 2.31. The molecule has 0 spiro atoms. The summed E-state index contributed by atoms with van der Waals surface area (Å²) in [5, 5.41) is 0. The third-order valence-corrected chi connectivity index (χ3v) is 3.21. The number of rotatable bonds is 5. The molecule has 0 amide bonds. The Morgan fingerprint density at radius 2 is 2.35 bits per heavy atom. The van der Waals surface area contributed by atoms with Crippen molar-refractivity contribution in [2.45, 2.75) is 12.5 Å². The predicted octanol–water partition coefficient (Wildman–Crippen LogP) is 2.59. The van der Waals surface area contributed by atoms with Crippen LogP contribution in [0.5, 0.6) is 5.75 Å². The second-order valence-corrected chi connectivity index (χ2v) is 4.73. The van der Waals surface area contributed by atoms with E-state index in [0.717, 1.165) is 29.0 Å². The van der Waals surface area contributed by atoms with E-state index in [9.17, 15) is 0 Å². The average Bonchev–Trinajstić information content (AvgIpc) is 2.79. The molecule has 0 aliphatic heterocycles. The SMILES string of the molecule is COc1cccc2oc(C(N)CCSC)nc12. The van der Waals surface area contributed by atoms with Gasteiger partial charge in [0.1, 0.15) is 5.75 Å². The molecule has 17 heavy (non-hydrogen) atoms. The molecule has 92 valence electrons. The van der Waals surface area contributed by atoms with Gasteiger partial charge in [0.05, 0.1) is 13.2 Å². The summed E-state index contributed by atoms with van der Waals surface area (Å²) in [4.78, 5) is 4.41. The van der Waals surface area contributed by atoms with Crippen LogP contribution in [0.3, 0.4) is 0 Å². The van der Waals surface area contributed by atoms with Gasteiger partial charge in [-0.3, -0.25) is 0 Å². The molecule has 5 heteroatoms. The van der Waals surface area contributed by atoms with Gasteiger partial charge in [-0.25, -0.2) is 4.98 Å². The van der Waals surface area contributed by atoms with E-state index in [1.165, 1.54) is 0 Å². The topological polar surface area (TPSA) is 61.3 Å². The molecule has 1 heterocycles. The van der Waals surface area contributed by atoms with Crippen LogP contribution in [0.2, 0.25) is 0 Å². The highest BCUT2D eigenvalue weighted by Crippen LogP contribution is 2.28. The highest BCUT2D eigenvalue weighted by molar-refractivity contribution is 7.98. The zero-order chi connectivity index (χ0) is 12.3. The molecule has 0 aliphatic carbocycles. The minimum Gasteiger partial charge on any atom is -0.494 e. The maximum atomic E-state index is 6.03. The van der Waals surface area contributed by atoms with Crippen LogP contribution in [-0.4, -0.2) is 24.1 Å². The Bertz CT molecular complexity index is 498. The number of ether oxygens (including phenoxy) is 1. The quantitative estimate of drug-likeness (QED) is 0.886. The van der Waals surface area contributed by atoms with Crippen molar-refractivity contribution in [3.05, 3.63) is 24.1 Å². The number of nitrogens with zero attached hydrogens (tertiary/aromatic N) is 1. The number of nitrogens with two attached hydrogens (primary N) is 1. The fourth-order valence-corrected chi connectivity index (χ4v) is 2.12. The summed E-state index contributed by atoms with van der Waals surface area (Å²) >= 11 is 1.77. The number of benzene rings is 1. The second-order valence-electron chi connectivity index (χ2n) is 3.75. The Hall–Kier alpha value is -1.20. The zero-order valence-electron chi connectivity index (χ0n) is 9.97. The number of methoxy groups -OCH3 is 1. The first-order chi connectivity index (χ1) is 8.26. The number of aromatic nitrogens is 1. The summed E-state index contributed by atoms with van der Waals surface area (Å²) in [5.74, 6) is 2.30. The summed E-state index contributed by atoms with van der Waals surface area (Å²) in [7, 11) is 1.62. The molecule has 0 saturated heterocycles. The molecule has 2 rings (SSSR count). The van der Waals surface area contributed by atoms with Crippen molar-refractivity contribution in [2.24, 2.45) is 5.73 Å². The zero-order valence-corrected chi connectivity index (χ0v) is 10.8. The second kappa shape index (κ2) is 5.42. The molecule has 0 bridgehead atoms. The standard InChI is InChI=1S/C12H16N2O2S/c1-15-9-4-3-5-10-11(9)14-12(16-10)8(13)6-7-17-2/h3-5,8H,6-7,13H2,1-2H3. The molecule has 1 aromatic heterocycles. The first-order valence-electron chi connectivity index (χ1n) is 5.44. The van der Waals surface area contributed by atoms with Gasteiger partial charge in [-0.15, -0.1) is 0 Å². The van der Waals surface area contributed by atoms with Crippen LogP contribution < -0.4 is 10.5 Å². The molecule has 1 atom stereocenters. The number of para-hydroxylation sites is 1. The van der Waals surface area contributed by atoms with Crippen molar-refractivity contribution in [1.82, 2.24) is 4.98 Å². The van der Waals surface area contributed by atoms with Crippen LogP contribution in [0.1, 0.15) is 18.4 Å². The van der Waals surface area contributed by atoms with Gasteiger partial charge in [0.25, 0.3) is 0 Å². The molecule has 0 saturated carbocycles. The fourth-order valence-electron chi connectivity index (χ4n) is 1.63. The molecule has 4 nitrogen and oxygen atoms in total. The number of fused-ring (bicyclic) bond motifs is 1. The first kappa shape index (κ1) is 12.3. The van der Waals surface area contributed by atoms with Gasteiger partial charge in [0.2, 0.25) is 5.89 Å². The smallest absolute Gasteiger partial charge is 0.212 e. The van der Waals surface area contributed by atoms with E-state index in [1.54, 1.807) is 18.9 Å². The Kier molecular flexibility index (Phi) is 3.91. The third-order valence-electron chi connectivity index (χ3n) is 2.57. The largest absolute Gasteiger partial charge is 0.494 e.